The first-order chi connectivity index (χ1) is 10.3. The van der Waals surface area contributed by atoms with Gasteiger partial charge in [0.15, 0.2) is 0 Å². The average molecular weight is 287 g/mol. The number of aryl methyl sites for hydroxylation is 1. The fourth-order valence-electron chi connectivity index (χ4n) is 3.30. The Bertz CT molecular complexity index is 483. The molecule has 1 amide bonds. The number of para-hydroxylation sites is 1. The van der Waals surface area contributed by atoms with Crippen molar-refractivity contribution in [3.8, 4) is 0 Å². The van der Waals surface area contributed by atoms with Gasteiger partial charge in [0, 0.05) is 51.4 Å². The van der Waals surface area contributed by atoms with Crippen LogP contribution in [-0.4, -0.2) is 50.1 Å². The van der Waals surface area contributed by atoms with Crippen LogP contribution in [0.1, 0.15) is 24.8 Å². The number of hydrogen-bond donors (Lipinski definition) is 1. The maximum Gasteiger partial charge on any atom is 0.224 e. The monoisotopic (exact) mass is 287 g/mol. The molecule has 2 heterocycles. The molecule has 0 atom stereocenters. The van der Waals surface area contributed by atoms with E-state index in [1.54, 1.807) is 0 Å². The van der Waals surface area contributed by atoms with Gasteiger partial charge in [0.2, 0.25) is 5.91 Å². The normalized spacial score (nSPS) is 19.0. The van der Waals surface area contributed by atoms with Crippen LogP contribution in [0.3, 0.4) is 0 Å². The number of fused-ring (bicyclic) bond motifs is 1. The summed E-state index contributed by atoms with van der Waals surface area (Å²) in [4.78, 5) is 16.7. The highest BCUT2D eigenvalue weighted by Crippen LogP contribution is 2.26. The second kappa shape index (κ2) is 6.94. The highest BCUT2D eigenvalue weighted by Gasteiger charge is 2.19. The van der Waals surface area contributed by atoms with Gasteiger partial charge >= 0.3 is 0 Å². The van der Waals surface area contributed by atoms with Gasteiger partial charge in [0.25, 0.3) is 0 Å². The van der Waals surface area contributed by atoms with Crippen molar-refractivity contribution in [3.05, 3.63) is 29.8 Å². The van der Waals surface area contributed by atoms with E-state index in [1.807, 2.05) is 4.90 Å². The Balaban J connectivity index is 1.60. The smallest absolute Gasteiger partial charge is 0.224 e. The van der Waals surface area contributed by atoms with Gasteiger partial charge in [0.05, 0.1) is 0 Å². The summed E-state index contributed by atoms with van der Waals surface area (Å²) in [5.41, 5.74) is 2.77. The summed E-state index contributed by atoms with van der Waals surface area (Å²) < 4.78 is 0. The summed E-state index contributed by atoms with van der Waals surface area (Å²) in [6.07, 6.45) is 4.27. The van der Waals surface area contributed by atoms with Gasteiger partial charge in [-0.2, -0.15) is 0 Å². The fraction of sp³-hybridized carbons (Fsp3) is 0.588. The Hall–Kier alpha value is -1.55. The molecule has 114 valence electrons. The van der Waals surface area contributed by atoms with Gasteiger partial charge in [-0.1, -0.05) is 18.2 Å². The summed E-state index contributed by atoms with van der Waals surface area (Å²) in [5, 5.41) is 3.29. The van der Waals surface area contributed by atoms with E-state index in [9.17, 15) is 4.79 Å². The number of hydrogen-bond acceptors (Lipinski definition) is 3. The molecule has 0 bridgehead atoms. The van der Waals surface area contributed by atoms with E-state index in [2.05, 4.69) is 34.5 Å². The molecule has 0 radical (unpaired) electrons. The molecule has 21 heavy (non-hydrogen) atoms. The van der Waals surface area contributed by atoms with Gasteiger partial charge in [-0.3, -0.25) is 4.79 Å². The molecule has 4 heteroatoms. The van der Waals surface area contributed by atoms with Crippen molar-refractivity contribution in [2.45, 2.75) is 25.7 Å². The van der Waals surface area contributed by atoms with Crippen LogP contribution in [0.25, 0.3) is 0 Å². The summed E-state index contributed by atoms with van der Waals surface area (Å²) >= 11 is 0. The first kappa shape index (κ1) is 14.4. The van der Waals surface area contributed by atoms with E-state index >= 15 is 0 Å². The molecule has 0 aromatic heterocycles. The molecule has 1 N–H and O–H groups in total. The molecule has 3 rings (SSSR count). The Labute approximate surface area is 127 Å². The lowest BCUT2D eigenvalue weighted by molar-refractivity contribution is -0.131. The lowest BCUT2D eigenvalue weighted by atomic mass is 10.1. The SMILES string of the molecule is O=C(CCN1CCCCc2ccccc21)N1CCNCC1. The molecule has 2 aliphatic rings. The molecule has 2 aliphatic heterocycles. The molecular weight excluding hydrogens is 262 g/mol. The third-order valence-corrected chi connectivity index (χ3v) is 4.52. The minimum Gasteiger partial charge on any atom is -0.371 e. The molecule has 0 aliphatic carbocycles. The molecule has 1 aromatic rings. The predicted octanol–water partition coefficient (Wildman–Crippen LogP) is 1.65. The lowest BCUT2D eigenvalue weighted by Gasteiger charge is -2.29. The minimum atomic E-state index is 0.304. The second-order valence-electron chi connectivity index (χ2n) is 5.95. The zero-order valence-electron chi connectivity index (χ0n) is 12.7. The van der Waals surface area contributed by atoms with E-state index in [0.29, 0.717) is 12.3 Å². The van der Waals surface area contributed by atoms with Crippen molar-refractivity contribution < 1.29 is 4.79 Å². The molecule has 1 aromatic carbocycles. The quantitative estimate of drug-likeness (QED) is 0.918. The molecule has 4 nitrogen and oxygen atoms in total. The fourth-order valence-corrected chi connectivity index (χ4v) is 3.30. The van der Waals surface area contributed by atoms with Crippen molar-refractivity contribution in [3.63, 3.8) is 0 Å². The third-order valence-electron chi connectivity index (χ3n) is 4.52. The largest absolute Gasteiger partial charge is 0.371 e. The van der Waals surface area contributed by atoms with Crippen LogP contribution in [-0.2, 0) is 11.2 Å². The van der Waals surface area contributed by atoms with Crippen LogP contribution in [0.2, 0.25) is 0 Å². The number of piperazine rings is 1. The Kier molecular flexibility index (Phi) is 4.76. The van der Waals surface area contributed by atoms with Gasteiger partial charge < -0.3 is 15.1 Å². The van der Waals surface area contributed by atoms with E-state index < -0.39 is 0 Å². The number of rotatable bonds is 3. The minimum absolute atomic E-state index is 0.304. The number of carbonyl (C=O) groups excluding carboxylic acids is 1. The Morgan fingerprint density at radius 3 is 2.76 bits per heavy atom. The van der Waals surface area contributed by atoms with Crippen LogP contribution in [0.5, 0.6) is 0 Å². The standard InChI is InChI=1S/C17H25N3O/c21-17(20-13-9-18-10-14-20)8-12-19-11-4-3-6-15-5-1-2-7-16(15)19/h1-2,5,7,18H,3-4,6,8-14H2. The van der Waals surface area contributed by atoms with Gasteiger partial charge in [-0.05, 0) is 30.9 Å². The van der Waals surface area contributed by atoms with Gasteiger partial charge in [-0.25, -0.2) is 0 Å². The lowest BCUT2D eigenvalue weighted by Crippen LogP contribution is -2.47. The summed E-state index contributed by atoms with van der Waals surface area (Å²) in [7, 11) is 0. The maximum absolute atomic E-state index is 12.3. The Morgan fingerprint density at radius 2 is 1.90 bits per heavy atom. The van der Waals surface area contributed by atoms with Crippen LogP contribution < -0.4 is 10.2 Å². The second-order valence-corrected chi connectivity index (χ2v) is 5.95. The highest BCUT2D eigenvalue weighted by molar-refractivity contribution is 5.77. The molecule has 0 saturated carbocycles. The third kappa shape index (κ3) is 3.56. The van der Waals surface area contributed by atoms with Crippen LogP contribution >= 0.6 is 0 Å². The van der Waals surface area contributed by atoms with Crippen LogP contribution in [0.4, 0.5) is 5.69 Å². The number of amides is 1. The first-order valence-electron chi connectivity index (χ1n) is 8.16. The van der Waals surface area contributed by atoms with E-state index in [1.165, 1.54) is 30.5 Å². The van der Waals surface area contributed by atoms with Crippen molar-refractivity contribution >= 4 is 11.6 Å². The van der Waals surface area contributed by atoms with Crippen molar-refractivity contribution in [1.82, 2.24) is 10.2 Å². The van der Waals surface area contributed by atoms with E-state index in [0.717, 1.165) is 39.3 Å². The van der Waals surface area contributed by atoms with E-state index in [-0.39, 0.29) is 0 Å². The zero-order valence-corrected chi connectivity index (χ0v) is 12.7. The predicted molar refractivity (Wildman–Crippen MR) is 85.7 cm³/mol. The molecular formula is C17H25N3O. The van der Waals surface area contributed by atoms with E-state index in [4.69, 9.17) is 0 Å². The Morgan fingerprint density at radius 1 is 1.10 bits per heavy atom. The number of nitrogens with zero attached hydrogens (tertiary/aromatic N) is 2. The van der Waals surface area contributed by atoms with Crippen molar-refractivity contribution in [1.29, 1.82) is 0 Å². The number of anilines is 1. The molecule has 0 unspecified atom stereocenters. The average Bonchev–Trinajstić information content (AvgIpc) is 2.76. The summed E-state index contributed by atoms with van der Waals surface area (Å²) in [6, 6.07) is 8.66. The van der Waals surface area contributed by atoms with Gasteiger partial charge in [0.1, 0.15) is 0 Å². The first-order valence-corrected chi connectivity index (χ1v) is 8.16. The topological polar surface area (TPSA) is 35.6 Å². The van der Waals surface area contributed by atoms with Crippen molar-refractivity contribution in [2.75, 3.05) is 44.2 Å². The molecule has 1 fully saturated rings. The molecule has 1 saturated heterocycles. The van der Waals surface area contributed by atoms with Crippen LogP contribution in [0.15, 0.2) is 24.3 Å². The number of carbonyl (C=O) groups is 1. The molecule has 0 spiro atoms. The number of benzene rings is 1. The van der Waals surface area contributed by atoms with Crippen molar-refractivity contribution in [2.24, 2.45) is 0 Å². The highest BCUT2D eigenvalue weighted by atomic mass is 16.2. The van der Waals surface area contributed by atoms with Gasteiger partial charge in [-0.15, -0.1) is 0 Å². The summed E-state index contributed by atoms with van der Waals surface area (Å²) in [6.45, 7) is 5.49. The zero-order chi connectivity index (χ0) is 14.5. The summed E-state index contributed by atoms with van der Waals surface area (Å²) in [5.74, 6) is 0.304. The number of nitrogens with one attached hydrogen (secondary N) is 1. The van der Waals surface area contributed by atoms with Crippen LogP contribution in [0, 0.1) is 0 Å². The maximum atomic E-state index is 12.3.